The summed E-state index contributed by atoms with van der Waals surface area (Å²) < 4.78 is 17.2. The van der Waals surface area contributed by atoms with E-state index < -0.39 is 0 Å². The molecule has 0 radical (unpaired) electrons. The molecule has 1 aromatic heterocycles. The molecule has 0 bridgehead atoms. The van der Waals surface area contributed by atoms with Gasteiger partial charge >= 0.3 is 0 Å². The van der Waals surface area contributed by atoms with Gasteiger partial charge in [-0.05, 0) is 56.2 Å². The van der Waals surface area contributed by atoms with E-state index in [1.165, 1.54) is 6.07 Å². The molecule has 0 atom stereocenters. The van der Waals surface area contributed by atoms with Crippen LogP contribution >= 0.6 is 0 Å². The molecule has 128 valence electrons. The van der Waals surface area contributed by atoms with Gasteiger partial charge in [-0.2, -0.15) is 0 Å². The number of ether oxygens (including phenoxy) is 2. The van der Waals surface area contributed by atoms with Gasteiger partial charge in [0.2, 0.25) is 5.43 Å². The standard InChI is InChI=1S/C20H18O5/c1-10-8-16-17(24-7-6-23-16)9-14(10)18-12(3)25-20-11(2)15(21)5-4-13(20)19(18)22/h4-5,8-9,21H,6-7H2,1-3H3. The van der Waals surface area contributed by atoms with Gasteiger partial charge in [-0.25, -0.2) is 0 Å². The molecule has 0 amide bonds. The van der Waals surface area contributed by atoms with Crippen molar-refractivity contribution in [1.29, 1.82) is 0 Å². The molecule has 25 heavy (non-hydrogen) atoms. The van der Waals surface area contributed by atoms with Crippen molar-refractivity contribution in [3.05, 3.63) is 51.4 Å². The van der Waals surface area contributed by atoms with Crippen LogP contribution in [0.4, 0.5) is 0 Å². The van der Waals surface area contributed by atoms with Crippen molar-refractivity contribution in [2.24, 2.45) is 0 Å². The lowest BCUT2D eigenvalue weighted by atomic mass is 9.97. The van der Waals surface area contributed by atoms with Crippen LogP contribution in [-0.2, 0) is 0 Å². The highest BCUT2D eigenvalue weighted by Crippen LogP contribution is 2.38. The van der Waals surface area contributed by atoms with Gasteiger partial charge in [0.15, 0.2) is 11.5 Å². The van der Waals surface area contributed by atoms with Gasteiger partial charge in [0.1, 0.15) is 30.3 Å². The number of fused-ring (bicyclic) bond motifs is 2. The minimum absolute atomic E-state index is 0.110. The van der Waals surface area contributed by atoms with E-state index in [-0.39, 0.29) is 11.2 Å². The van der Waals surface area contributed by atoms with E-state index in [1.807, 2.05) is 19.1 Å². The largest absolute Gasteiger partial charge is 0.508 e. The summed E-state index contributed by atoms with van der Waals surface area (Å²) in [6.07, 6.45) is 0. The van der Waals surface area contributed by atoms with E-state index >= 15 is 0 Å². The number of phenolic OH excluding ortho intramolecular Hbond substituents is 1. The van der Waals surface area contributed by atoms with Crippen LogP contribution in [0.25, 0.3) is 22.1 Å². The molecule has 1 N–H and O–H groups in total. The fourth-order valence-electron chi connectivity index (χ4n) is 3.26. The predicted molar refractivity (Wildman–Crippen MR) is 94.8 cm³/mol. The van der Waals surface area contributed by atoms with Crippen molar-refractivity contribution in [2.45, 2.75) is 20.8 Å². The zero-order chi connectivity index (χ0) is 17.7. The molecule has 1 aliphatic rings. The van der Waals surface area contributed by atoms with Gasteiger partial charge in [-0.15, -0.1) is 0 Å². The van der Waals surface area contributed by atoms with Gasteiger partial charge in [-0.3, -0.25) is 4.79 Å². The molecule has 3 aromatic rings. The Kier molecular flexibility index (Phi) is 3.46. The normalized spacial score (nSPS) is 13.2. The molecule has 2 aromatic carbocycles. The molecule has 1 aliphatic heterocycles. The predicted octanol–water partition coefficient (Wildman–Crippen LogP) is 3.86. The van der Waals surface area contributed by atoms with Crippen molar-refractivity contribution < 1.29 is 19.0 Å². The zero-order valence-electron chi connectivity index (χ0n) is 14.3. The summed E-state index contributed by atoms with van der Waals surface area (Å²) >= 11 is 0. The van der Waals surface area contributed by atoms with Crippen LogP contribution in [0, 0.1) is 20.8 Å². The van der Waals surface area contributed by atoms with Crippen LogP contribution < -0.4 is 14.9 Å². The number of benzene rings is 2. The van der Waals surface area contributed by atoms with Gasteiger partial charge in [0.05, 0.1) is 10.9 Å². The Morgan fingerprint density at radius 3 is 2.40 bits per heavy atom. The van der Waals surface area contributed by atoms with Gasteiger partial charge < -0.3 is 19.0 Å². The van der Waals surface area contributed by atoms with E-state index in [4.69, 9.17) is 13.9 Å². The Balaban J connectivity index is 2.02. The third kappa shape index (κ3) is 2.35. The number of aromatic hydroxyl groups is 1. The summed E-state index contributed by atoms with van der Waals surface area (Å²) in [5, 5.41) is 10.3. The Morgan fingerprint density at radius 1 is 1.00 bits per heavy atom. The summed E-state index contributed by atoms with van der Waals surface area (Å²) in [5.74, 6) is 1.94. The highest BCUT2D eigenvalue weighted by atomic mass is 16.6. The number of rotatable bonds is 1. The minimum atomic E-state index is -0.123. The maximum Gasteiger partial charge on any atom is 0.200 e. The molecule has 0 spiro atoms. The molecule has 0 saturated carbocycles. The van der Waals surface area contributed by atoms with Crippen molar-refractivity contribution >= 4 is 11.0 Å². The highest BCUT2D eigenvalue weighted by molar-refractivity contribution is 5.87. The van der Waals surface area contributed by atoms with Crippen LogP contribution in [-0.4, -0.2) is 18.3 Å². The van der Waals surface area contributed by atoms with E-state index in [0.717, 1.165) is 11.1 Å². The highest BCUT2D eigenvalue weighted by Gasteiger charge is 2.21. The molecular formula is C20H18O5. The molecular weight excluding hydrogens is 320 g/mol. The smallest absolute Gasteiger partial charge is 0.200 e. The van der Waals surface area contributed by atoms with Crippen LogP contribution in [0.2, 0.25) is 0 Å². The van der Waals surface area contributed by atoms with Crippen LogP contribution in [0.15, 0.2) is 33.5 Å². The first kappa shape index (κ1) is 15.6. The molecule has 0 aliphatic carbocycles. The maximum atomic E-state index is 13.1. The first-order chi connectivity index (χ1) is 12.0. The number of hydrogen-bond donors (Lipinski definition) is 1. The average Bonchev–Trinajstić information content (AvgIpc) is 2.59. The topological polar surface area (TPSA) is 68.9 Å². The second kappa shape index (κ2) is 5.55. The third-order valence-electron chi connectivity index (χ3n) is 4.61. The van der Waals surface area contributed by atoms with E-state index in [9.17, 15) is 9.90 Å². The van der Waals surface area contributed by atoms with Crippen molar-refractivity contribution in [3.8, 4) is 28.4 Å². The molecule has 0 fully saturated rings. The maximum absolute atomic E-state index is 13.1. The first-order valence-electron chi connectivity index (χ1n) is 8.14. The van der Waals surface area contributed by atoms with Gasteiger partial charge in [0, 0.05) is 5.56 Å². The summed E-state index contributed by atoms with van der Waals surface area (Å²) in [6.45, 7) is 6.43. The first-order valence-corrected chi connectivity index (χ1v) is 8.14. The van der Waals surface area contributed by atoms with Crippen LogP contribution in [0.1, 0.15) is 16.9 Å². The van der Waals surface area contributed by atoms with Crippen molar-refractivity contribution in [2.75, 3.05) is 13.2 Å². The molecule has 4 rings (SSSR count). The fraction of sp³-hybridized carbons (Fsp3) is 0.250. The van der Waals surface area contributed by atoms with E-state index in [2.05, 4.69) is 0 Å². The quantitative estimate of drug-likeness (QED) is 0.729. The monoisotopic (exact) mass is 338 g/mol. The lowest BCUT2D eigenvalue weighted by Crippen LogP contribution is -2.16. The third-order valence-corrected chi connectivity index (χ3v) is 4.61. The number of hydrogen-bond acceptors (Lipinski definition) is 5. The summed E-state index contributed by atoms with van der Waals surface area (Å²) in [6, 6.07) is 6.83. The minimum Gasteiger partial charge on any atom is -0.508 e. The Bertz CT molecular complexity index is 1060. The average molecular weight is 338 g/mol. The molecule has 5 heteroatoms. The summed E-state index contributed by atoms with van der Waals surface area (Å²) in [5.41, 5.74) is 3.04. The summed E-state index contributed by atoms with van der Waals surface area (Å²) in [4.78, 5) is 13.1. The fourth-order valence-corrected chi connectivity index (χ4v) is 3.26. The second-order valence-electron chi connectivity index (χ2n) is 6.26. The number of aryl methyl sites for hydroxylation is 3. The molecule has 0 saturated heterocycles. The number of phenols is 1. The Hall–Kier alpha value is -2.95. The van der Waals surface area contributed by atoms with Crippen molar-refractivity contribution in [1.82, 2.24) is 0 Å². The Labute approximate surface area is 144 Å². The Morgan fingerprint density at radius 2 is 1.68 bits per heavy atom. The molecule has 5 nitrogen and oxygen atoms in total. The van der Waals surface area contributed by atoms with Gasteiger partial charge in [-0.1, -0.05) is 0 Å². The zero-order valence-corrected chi connectivity index (χ0v) is 14.3. The lowest BCUT2D eigenvalue weighted by Gasteiger charge is -2.20. The van der Waals surface area contributed by atoms with Gasteiger partial charge in [0.25, 0.3) is 0 Å². The van der Waals surface area contributed by atoms with Crippen molar-refractivity contribution in [3.63, 3.8) is 0 Å². The molecule has 0 unspecified atom stereocenters. The lowest BCUT2D eigenvalue weighted by molar-refractivity contribution is 0.171. The SMILES string of the molecule is Cc1cc2c(cc1-c1c(C)oc3c(C)c(O)ccc3c1=O)OCCO2. The van der Waals surface area contributed by atoms with Crippen LogP contribution in [0.3, 0.4) is 0 Å². The van der Waals surface area contributed by atoms with E-state index in [0.29, 0.717) is 52.6 Å². The molecule has 2 heterocycles. The second-order valence-corrected chi connectivity index (χ2v) is 6.26. The van der Waals surface area contributed by atoms with Crippen LogP contribution in [0.5, 0.6) is 17.2 Å². The summed E-state index contributed by atoms with van der Waals surface area (Å²) in [7, 11) is 0. The van der Waals surface area contributed by atoms with E-state index in [1.54, 1.807) is 19.9 Å².